The smallest absolute Gasteiger partial charge is 0.190 e. The first kappa shape index (κ1) is 21.0. The van der Waals surface area contributed by atoms with Crippen molar-refractivity contribution >= 4 is 36.3 Å². The van der Waals surface area contributed by atoms with Crippen molar-refractivity contribution in [3.05, 3.63) is 40.9 Å². The van der Waals surface area contributed by atoms with Gasteiger partial charge in [0.25, 0.3) is 0 Å². The molecule has 1 aliphatic rings. The highest BCUT2D eigenvalue weighted by Crippen LogP contribution is 2.34. The maximum atomic E-state index is 12.5. The fourth-order valence-electron chi connectivity index (χ4n) is 4.36. The van der Waals surface area contributed by atoms with Gasteiger partial charge in [-0.25, -0.2) is 4.98 Å². The van der Waals surface area contributed by atoms with Gasteiger partial charge in [0.05, 0.1) is 10.9 Å². The minimum Gasteiger partial charge on any atom is -0.361 e. The number of carbonyl (C=O) groups is 1. The van der Waals surface area contributed by atoms with E-state index in [9.17, 15) is 9.59 Å². The molecule has 0 N–H and O–H groups in total. The monoisotopic (exact) mass is 425 g/mol. The fraction of sp³-hybridized carbons (Fsp3) is 0.522. The first-order valence-electron chi connectivity index (χ1n) is 10.9. The molecule has 0 radical (unpaired) electrons. The van der Waals surface area contributed by atoms with Crippen LogP contribution in [0, 0.1) is 5.92 Å². The van der Waals surface area contributed by atoms with E-state index < -0.39 is 8.07 Å². The van der Waals surface area contributed by atoms with Crippen molar-refractivity contribution < 1.29 is 9.53 Å². The molecule has 0 spiro atoms. The number of nitrogens with zero attached hydrogens (tertiary/aromatic N) is 3. The summed E-state index contributed by atoms with van der Waals surface area (Å²) < 4.78 is 10.2. The third-order valence-corrected chi connectivity index (χ3v) is 7.93. The maximum Gasteiger partial charge on any atom is 0.190 e. The Labute approximate surface area is 177 Å². The molecular weight excluding hydrogens is 394 g/mol. The van der Waals surface area contributed by atoms with Crippen molar-refractivity contribution in [1.29, 1.82) is 0 Å². The van der Waals surface area contributed by atoms with Crippen LogP contribution < -0.4 is 5.43 Å². The van der Waals surface area contributed by atoms with E-state index >= 15 is 0 Å². The molecule has 0 saturated heterocycles. The zero-order valence-corrected chi connectivity index (χ0v) is 19.1. The highest BCUT2D eigenvalue weighted by atomic mass is 28.3. The van der Waals surface area contributed by atoms with Gasteiger partial charge in [0.2, 0.25) is 0 Å². The Hall–Kier alpha value is -2.25. The number of aldehydes is 1. The molecule has 160 valence electrons. The van der Waals surface area contributed by atoms with Crippen molar-refractivity contribution in [1.82, 2.24) is 14.1 Å². The van der Waals surface area contributed by atoms with E-state index in [1.54, 1.807) is 12.3 Å². The van der Waals surface area contributed by atoms with E-state index in [1.165, 1.54) is 0 Å². The third kappa shape index (κ3) is 4.27. The fourth-order valence-corrected chi connectivity index (χ4v) is 5.12. The van der Waals surface area contributed by atoms with Crippen molar-refractivity contribution in [2.24, 2.45) is 5.92 Å². The molecule has 1 saturated carbocycles. The number of ether oxygens (including phenoxy) is 1. The average Bonchev–Trinajstić information content (AvgIpc) is 3.14. The van der Waals surface area contributed by atoms with Gasteiger partial charge in [-0.1, -0.05) is 19.6 Å². The van der Waals surface area contributed by atoms with Crippen molar-refractivity contribution in [3.63, 3.8) is 0 Å². The molecule has 1 fully saturated rings. The minimum atomic E-state index is -1.12. The summed E-state index contributed by atoms with van der Waals surface area (Å²) in [6.45, 7) is 8.26. The van der Waals surface area contributed by atoms with Gasteiger partial charge in [-0.2, -0.15) is 0 Å². The number of rotatable bonds is 7. The molecule has 3 aromatic rings. The van der Waals surface area contributed by atoms with Crippen LogP contribution in [0.4, 0.5) is 0 Å². The lowest BCUT2D eigenvalue weighted by Gasteiger charge is -2.29. The Morgan fingerprint density at radius 2 is 1.90 bits per heavy atom. The van der Waals surface area contributed by atoms with Gasteiger partial charge in [0.15, 0.2) is 5.43 Å². The Morgan fingerprint density at radius 1 is 1.13 bits per heavy atom. The van der Waals surface area contributed by atoms with Crippen LogP contribution in [0.2, 0.25) is 25.7 Å². The summed E-state index contributed by atoms with van der Waals surface area (Å²) in [6, 6.07) is 5.11. The van der Waals surface area contributed by atoms with Crippen molar-refractivity contribution in [2.75, 3.05) is 6.61 Å². The topological polar surface area (TPSA) is 66.1 Å². The van der Waals surface area contributed by atoms with Gasteiger partial charge in [0.1, 0.15) is 18.7 Å². The predicted octanol–water partition coefficient (Wildman–Crippen LogP) is 4.59. The first-order chi connectivity index (χ1) is 14.4. The SMILES string of the molecule is C[Si](C)(C)CCOCn1ccc2c1ncc1c(=O)ccn([C@H]3CC[C@H](C=O)CC3)c12. The molecule has 0 aromatic carbocycles. The van der Waals surface area contributed by atoms with Crippen LogP contribution in [0.25, 0.3) is 21.9 Å². The summed E-state index contributed by atoms with van der Waals surface area (Å²) in [6.07, 6.45) is 10.4. The van der Waals surface area contributed by atoms with E-state index in [0.29, 0.717) is 18.2 Å². The lowest BCUT2D eigenvalue weighted by Crippen LogP contribution is -2.22. The lowest BCUT2D eigenvalue weighted by atomic mass is 9.86. The summed E-state index contributed by atoms with van der Waals surface area (Å²) >= 11 is 0. The van der Waals surface area contributed by atoms with Crippen LogP contribution in [0.1, 0.15) is 31.7 Å². The maximum absolute atomic E-state index is 12.5. The van der Waals surface area contributed by atoms with Crippen LogP contribution in [0.15, 0.2) is 35.5 Å². The third-order valence-electron chi connectivity index (χ3n) is 6.22. The molecule has 6 nitrogen and oxygen atoms in total. The van der Waals surface area contributed by atoms with Crippen LogP contribution >= 0.6 is 0 Å². The van der Waals surface area contributed by atoms with Crippen LogP contribution in [0.3, 0.4) is 0 Å². The van der Waals surface area contributed by atoms with Gasteiger partial charge in [0, 0.05) is 56.7 Å². The molecule has 0 aliphatic heterocycles. The molecule has 3 aromatic heterocycles. The second-order valence-corrected chi connectivity index (χ2v) is 15.3. The molecular formula is C23H31N3O3Si. The van der Waals surface area contributed by atoms with Crippen molar-refractivity contribution in [3.8, 4) is 0 Å². The number of fused-ring (bicyclic) bond motifs is 3. The Kier molecular flexibility index (Phi) is 5.93. The molecule has 3 heterocycles. The number of hydrogen-bond donors (Lipinski definition) is 0. The predicted molar refractivity (Wildman–Crippen MR) is 123 cm³/mol. The molecule has 0 amide bonds. The standard InChI is InChI=1S/C23H31N3O3Si/c1-30(2,3)13-12-29-16-25-10-8-19-22-20(14-24-23(19)25)21(28)9-11-26(22)18-6-4-17(15-27)5-7-18/h8-11,14-15,17-18H,4-7,12-13,16H2,1-3H3/t17-,18-. The van der Waals surface area contributed by atoms with Crippen LogP contribution in [-0.4, -0.2) is 35.1 Å². The van der Waals surface area contributed by atoms with Gasteiger partial charge < -0.3 is 18.7 Å². The zero-order chi connectivity index (χ0) is 21.3. The molecule has 4 rings (SSSR count). The largest absolute Gasteiger partial charge is 0.361 e. The molecule has 0 unspecified atom stereocenters. The van der Waals surface area contributed by atoms with E-state index in [0.717, 1.165) is 61.2 Å². The molecule has 1 aliphatic carbocycles. The summed E-state index contributed by atoms with van der Waals surface area (Å²) in [5.41, 5.74) is 1.79. The van der Waals surface area contributed by atoms with E-state index in [4.69, 9.17) is 4.74 Å². The van der Waals surface area contributed by atoms with Crippen LogP contribution in [-0.2, 0) is 16.3 Å². The molecule has 0 atom stereocenters. The number of pyridine rings is 2. The normalized spacial score (nSPS) is 20.1. The first-order valence-corrected chi connectivity index (χ1v) is 14.6. The van der Waals surface area contributed by atoms with Crippen molar-refractivity contribution in [2.45, 2.75) is 64.1 Å². The van der Waals surface area contributed by atoms with Gasteiger partial charge in [-0.15, -0.1) is 0 Å². The zero-order valence-electron chi connectivity index (χ0n) is 18.1. The quantitative estimate of drug-likeness (QED) is 0.315. The summed E-state index contributed by atoms with van der Waals surface area (Å²) in [4.78, 5) is 28.3. The number of carbonyl (C=O) groups excluding carboxylic acids is 1. The highest BCUT2D eigenvalue weighted by Gasteiger charge is 2.24. The second-order valence-electron chi connectivity index (χ2n) is 9.68. The van der Waals surface area contributed by atoms with E-state index in [2.05, 4.69) is 29.2 Å². The highest BCUT2D eigenvalue weighted by molar-refractivity contribution is 6.76. The van der Waals surface area contributed by atoms with E-state index in [1.807, 2.05) is 23.0 Å². The summed E-state index contributed by atoms with van der Waals surface area (Å²) in [7, 11) is -1.12. The molecule has 0 bridgehead atoms. The molecule has 7 heteroatoms. The average molecular weight is 426 g/mol. The number of hydrogen-bond acceptors (Lipinski definition) is 4. The Morgan fingerprint density at radius 3 is 2.60 bits per heavy atom. The lowest BCUT2D eigenvalue weighted by molar-refractivity contribution is -0.112. The molecule has 30 heavy (non-hydrogen) atoms. The van der Waals surface area contributed by atoms with E-state index in [-0.39, 0.29) is 11.3 Å². The Bertz CT molecular complexity index is 1100. The van der Waals surface area contributed by atoms with Gasteiger partial charge in [-0.05, 0) is 37.8 Å². The summed E-state index contributed by atoms with van der Waals surface area (Å²) in [5.74, 6) is 0.169. The van der Waals surface area contributed by atoms with Gasteiger partial charge in [-0.3, -0.25) is 4.79 Å². The number of aromatic nitrogens is 3. The minimum absolute atomic E-state index is 0.00337. The summed E-state index contributed by atoms with van der Waals surface area (Å²) in [5, 5.41) is 1.64. The van der Waals surface area contributed by atoms with Crippen LogP contribution in [0.5, 0.6) is 0 Å². The second kappa shape index (κ2) is 8.47. The Balaban J connectivity index is 1.67. The van der Waals surface area contributed by atoms with Gasteiger partial charge >= 0.3 is 0 Å².